The molecule has 0 aliphatic heterocycles. The Morgan fingerprint density at radius 1 is 1.26 bits per heavy atom. The number of alkyl halides is 3. The van der Waals surface area contributed by atoms with Crippen LogP contribution in [-0.4, -0.2) is 40.3 Å². The lowest BCUT2D eigenvalue weighted by molar-refractivity contribution is -0.187. The Hall–Kier alpha value is -2.25. The number of carbonyl (C=O) groups excluding carboxylic acids is 1. The molecule has 0 spiro atoms. The zero-order valence-electron chi connectivity index (χ0n) is 12.1. The second-order valence-electron chi connectivity index (χ2n) is 5.33. The van der Waals surface area contributed by atoms with Crippen LogP contribution in [0.5, 0.6) is 0 Å². The van der Waals surface area contributed by atoms with Crippen LogP contribution in [0.1, 0.15) is 24.8 Å². The highest BCUT2D eigenvalue weighted by Gasteiger charge is 2.51. The summed E-state index contributed by atoms with van der Waals surface area (Å²) in [5.41, 5.74) is 0.637. The Bertz CT molecular complexity index is 558. The van der Waals surface area contributed by atoms with Gasteiger partial charge in [0, 0.05) is 6.04 Å². The molecule has 23 heavy (non-hydrogen) atoms. The summed E-state index contributed by atoms with van der Waals surface area (Å²) in [5, 5.41) is 8.71. The summed E-state index contributed by atoms with van der Waals surface area (Å²) >= 11 is 0. The number of halogens is 3. The summed E-state index contributed by atoms with van der Waals surface area (Å²) in [4.78, 5) is 23.3. The van der Waals surface area contributed by atoms with Gasteiger partial charge in [-0.15, -0.1) is 0 Å². The number of aliphatic carboxylic acids is 1. The van der Waals surface area contributed by atoms with Gasteiger partial charge in [0.15, 0.2) is 0 Å². The minimum atomic E-state index is -4.83. The second kappa shape index (κ2) is 6.89. The standard InChI is InChI=1S/C15H16F3NO4/c16-15(17,18)12(8-13(20)21)19(11-6-7-11)14(22)23-9-10-4-2-1-3-5-10/h1-5,11-12H,6-9H2,(H,20,21). The Balaban J connectivity index is 2.09. The molecule has 1 saturated carbocycles. The molecule has 1 fully saturated rings. The quantitative estimate of drug-likeness (QED) is 0.869. The molecule has 0 heterocycles. The fourth-order valence-corrected chi connectivity index (χ4v) is 2.21. The van der Waals surface area contributed by atoms with Crippen molar-refractivity contribution in [2.24, 2.45) is 0 Å². The molecule has 1 aliphatic carbocycles. The van der Waals surface area contributed by atoms with Crippen molar-refractivity contribution in [3.05, 3.63) is 35.9 Å². The van der Waals surface area contributed by atoms with Gasteiger partial charge in [0.25, 0.3) is 0 Å². The van der Waals surface area contributed by atoms with E-state index in [9.17, 15) is 22.8 Å². The topological polar surface area (TPSA) is 66.8 Å². The van der Waals surface area contributed by atoms with Crippen LogP contribution in [0.3, 0.4) is 0 Å². The lowest BCUT2D eigenvalue weighted by Gasteiger charge is -2.31. The molecule has 8 heteroatoms. The van der Waals surface area contributed by atoms with E-state index in [1.807, 2.05) is 0 Å². The van der Waals surface area contributed by atoms with Crippen molar-refractivity contribution in [1.82, 2.24) is 4.90 Å². The van der Waals surface area contributed by atoms with Gasteiger partial charge in [-0.25, -0.2) is 4.79 Å². The third kappa shape index (κ3) is 4.87. The van der Waals surface area contributed by atoms with Gasteiger partial charge in [-0.2, -0.15) is 13.2 Å². The number of benzene rings is 1. The Kier molecular flexibility index (Phi) is 5.12. The second-order valence-corrected chi connectivity index (χ2v) is 5.33. The maximum Gasteiger partial charge on any atom is 0.410 e. The SMILES string of the molecule is O=C(O)CC(N(C(=O)OCc1ccccc1)C1CC1)C(F)(F)F. The van der Waals surface area contributed by atoms with Crippen LogP contribution in [0.2, 0.25) is 0 Å². The third-order valence-electron chi connectivity index (χ3n) is 3.44. The molecule has 1 aliphatic rings. The van der Waals surface area contributed by atoms with E-state index < -0.39 is 36.7 Å². The van der Waals surface area contributed by atoms with Gasteiger partial charge in [0.1, 0.15) is 12.6 Å². The van der Waals surface area contributed by atoms with E-state index in [1.54, 1.807) is 30.3 Å². The predicted molar refractivity (Wildman–Crippen MR) is 73.6 cm³/mol. The van der Waals surface area contributed by atoms with Crippen LogP contribution in [0, 0.1) is 0 Å². The molecule has 1 N–H and O–H groups in total. The highest BCUT2D eigenvalue weighted by atomic mass is 19.4. The number of carboxylic acids is 1. The molecule has 0 aromatic heterocycles. The monoisotopic (exact) mass is 331 g/mol. The van der Waals surface area contributed by atoms with Crippen molar-refractivity contribution in [2.45, 2.75) is 44.1 Å². The first-order valence-corrected chi connectivity index (χ1v) is 7.06. The first-order chi connectivity index (χ1) is 10.8. The third-order valence-corrected chi connectivity index (χ3v) is 3.44. The molecular weight excluding hydrogens is 315 g/mol. The Morgan fingerprint density at radius 3 is 2.35 bits per heavy atom. The molecule has 0 radical (unpaired) electrons. The van der Waals surface area contributed by atoms with Crippen LogP contribution in [-0.2, 0) is 16.1 Å². The van der Waals surface area contributed by atoms with Crippen molar-refractivity contribution in [3.8, 4) is 0 Å². The summed E-state index contributed by atoms with van der Waals surface area (Å²) in [6, 6.07) is 5.53. The number of carbonyl (C=O) groups is 2. The maximum absolute atomic E-state index is 13.1. The van der Waals surface area contributed by atoms with Gasteiger partial charge in [0.2, 0.25) is 0 Å². The highest BCUT2D eigenvalue weighted by molar-refractivity contribution is 5.72. The molecule has 126 valence electrons. The summed E-state index contributed by atoms with van der Waals surface area (Å²) in [5.74, 6) is -1.62. The van der Waals surface area contributed by atoms with Gasteiger partial charge < -0.3 is 9.84 Å². The predicted octanol–water partition coefficient (Wildman–Crippen LogP) is 3.19. The molecule has 1 aromatic rings. The Morgan fingerprint density at radius 2 is 1.87 bits per heavy atom. The summed E-state index contributed by atoms with van der Waals surface area (Å²) in [6.07, 6.45) is -6.34. The number of carboxylic acid groups (broad SMARTS) is 1. The van der Waals surface area contributed by atoms with Crippen molar-refractivity contribution in [1.29, 1.82) is 0 Å². The molecule has 1 unspecified atom stereocenters. The molecule has 1 atom stereocenters. The number of ether oxygens (including phenoxy) is 1. The average molecular weight is 331 g/mol. The van der Waals surface area contributed by atoms with Crippen LogP contribution in [0.25, 0.3) is 0 Å². The van der Waals surface area contributed by atoms with E-state index in [4.69, 9.17) is 9.84 Å². The summed E-state index contributed by atoms with van der Waals surface area (Å²) in [7, 11) is 0. The van der Waals surface area contributed by atoms with E-state index in [2.05, 4.69) is 0 Å². The van der Waals surface area contributed by atoms with Crippen molar-refractivity contribution in [2.75, 3.05) is 0 Å². The zero-order valence-corrected chi connectivity index (χ0v) is 12.1. The van der Waals surface area contributed by atoms with Crippen LogP contribution >= 0.6 is 0 Å². The van der Waals surface area contributed by atoms with Crippen molar-refractivity contribution in [3.63, 3.8) is 0 Å². The number of amides is 1. The lowest BCUT2D eigenvalue weighted by Crippen LogP contribution is -2.51. The molecule has 2 rings (SSSR count). The van der Waals surface area contributed by atoms with Crippen LogP contribution in [0.15, 0.2) is 30.3 Å². The van der Waals surface area contributed by atoms with Crippen molar-refractivity contribution < 1.29 is 32.6 Å². The van der Waals surface area contributed by atoms with E-state index in [0.717, 1.165) is 0 Å². The Labute approximate surface area is 130 Å². The molecule has 0 saturated heterocycles. The van der Waals surface area contributed by atoms with Gasteiger partial charge in [-0.3, -0.25) is 9.69 Å². The van der Waals surface area contributed by atoms with Gasteiger partial charge in [0.05, 0.1) is 6.42 Å². The zero-order chi connectivity index (χ0) is 17.0. The molecular formula is C15H16F3NO4. The number of hydrogen-bond donors (Lipinski definition) is 1. The smallest absolute Gasteiger partial charge is 0.410 e. The number of rotatable bonds is 6. The summed E-state index contributed by atoms with van der Waals surface area (Å²) in [6.45, 7) is -0.166. The first kappa shape index (κ1) is 17.1. The minimum Gasteiger partial charge on any atom is -0.481 e. The van der Waals surface area contributed by atoms with Crippen LogP contribution < -0.4 is 0 Å². The first-order valence-electron chi connectivity index (χ1n) is 7.06. The molecule has 1 amide bonds. The fraction of sp³-hybridized carbons (Fsp3) is 0.467. The maximum atomic E-state index is 13.1. The van der Waals surface area contributed by atoms with E-state index in [-0.39, 0.29) is 6.61 Å². The molecule has 5 nitrogen and oxygen atoms in total. The van der Waals surface area contributed by atoms with Gasteiger partial charge >= 0.3 is 18.2 Å². The van der Waals surface area contributed by atoms with E-state index in [0.29, 0.717) is 23.3 Å². The number of nitrogens with zero attached hydrogens (tertiary/aromatic N) is 1. The normalized spacial score (nSPS) is 15.8. The van der Waals surface area contributed by atoms with E-state index >= 15 is 0 Å². The largest absolute Gasteiger partial charge is 0.481 e. The fourth-order valence-electron chi connectivity index (χ4n) is 2.21. The van der Waals surface area contributed by atoms with Crippen molar-refractivity contribution >= 4 is 12.1 Å². The van der Waals surface area contributed by atoms with Crippen LogP contribution in [0.4, 0.5) is 18.0 Å². The highest BCUT2D eigenvalue weighted by Crippen LogP contribution is 2.36. The molecule has 1 aromatic carbocycles. The average Bonchev–Trinajstić information content (AvgIpc) is 3.29. The van der Waals surface area contributed by atoms with Gasteiger partial charge in [-0.1, -0.05) is 30.3 Å². The summed E-state index contributed by atoms with van der Waals surface area (Å²) < 4.78 is 44.3. The van der Waals surface area contributed by atoms with Gasteiger partial charge in [-0.05, 0) is 18.4 Å². The minimum absolute atomic E-state index is 0.166. The molecule has 0 bridgehead atoms. The number of hydrogen-bond acceptors (Lipinski definition) is 3. The van der Waals surface area contributed by atoms with E-state index in [1.165, 1.54) is 0 Å². The lowest BCUT2D eigenvalue weighted by atomic mass is 10.1.